The third-order valence-electron chi connectivity index (χ3n) is 6.05. The number of aryl methyl sites for hydroxylation is 3. The van der Waals surface area contributed by atoms with Crippen LogP contribution in [0.5, 0.6) is 5.75 Å². The van der Waals surface area contributed by atoms with Gasteiger partial charge in [-0.15, -0.1) is 0 Å². The highest BCUT2D eigenvalue weighted by Gasteiger charge is 2.31. The molecule has 1 heterocycles. The highest BCUT2D eigenvalue weighted by Crippen LogP contribution is 2.40. The molecule has 0 spiro atoms. The molecule has 0 fully saturated rings. The van der Waals surface area contributed by atoms with E-state index >= 15 is 0 Å². The van der Waals surface area contributed by atoms with Gasteiger partial charge in [0.1, 0.15) is 5.75 Å². The van der Waals surface area contributed by atoms with Gasteiger partial charge in [0.05, 0.1) is 40.5 Å². The van der Waals surface area contributed by atoms with Crippen LogP contribution in [0.4, 0.5) is 5.69 Å². The first-order chi connectivity index (χ1) is 17.1. The smallest absolute Gasteiger partial charge is 0.241 e. The molecule has 1 aliphatic rings. The van der Waals surface area contributed by atoms with E-state index in [1.54, 1.807) is 12.1 Å². The first kappa shape index (κ1) is 26.5. The maximum absolute atomic E-state index is 13.2. The van der Waals surface area contributed by atoms with Crippen molar-refractivity contribution in [2.75, 3.05) is 18.2 Å². The number of ether oxygens (including phenoxy) is 1. The zero-order valence-corrected chi connectivity index (χ0v) is 23.0. The van der Waals surface area contributed by atoms with Crippen LogP contribution in [0, 0.1) is 20.8 Å². The van der Waals surface area contributed by atoms with Crippen molar-refractivity contribution in [3.05, 3.63) is 86.9 Å². The van der Waals surface area contributed by atoms with Crippen LogP contribution in [-0.4, -0.2) is 27.3 Å². The second kappa shape index (κ2) is 10.8. The van der Waals surface area contributed by atoms with Gasteiger partial charge in [0.25, 0.3) is 0 Å². The van der Waals surface area contributed by atoms with Gasteiger partial charge < -0.3 is 4.74 Å². The van der Waals surface area contributed by atoms with Crippen LogP contribution in [0.15, 0.2) is 64.6 Å². The van der Waals surface area contributed by atoms with Crippen molar-refractivity contribution in [1.29, 1.82) is 0 Å². The number of benzene rings is 3. The number of sulfonamides is 1. The summed E-state index contributed by atoms with van der Waals surface area (Å²) in [4.78, 5) is 0.312. The van der Waals surface area contributed by atoms with Gasteiger partial charge in [-0.1, -0.05) is 53.0 Å². The van der Waals surface area contributed by atoms with E-state index in [0.29, 0.717) is 39.4 Å². The van der Waals surface area contributed by atoms with E-state index in [2.05, 4.69) is 4.72 Å². The number of nitrogens with one attached hydrogen (secondary N) is 1. The van der Waals surface area contributed by atoms with Crippen LogP contribution in [0.2, 0.25) is 10.0 Å². The average molecular weight is 547 g/mol. The van der Waals surface area contributed by atoms with Crippen molar-refractivity contribution in [2.24, 2.45) is 5.10 Å². The second-order valence-corrected chi connectivity index (χ2v) is 11.4. The van der Waals surface area contributed by atoms with Gasteiger partial charge in [-0.2, -0.15) is 5.10 Å². The van der Waals surface area contributed by atoms with Gasteiger partial charge in [0.2, 0.25) is 10.0 Å². The predicted molar refractivity (Wildman–Crippen MR) is 147 cm³/mol. The van der Waals surface area contributed by atoms with E-state index in [9.17, 15) is 8.42 Å². The van der Waals surface area contributed by atoms with Crippen molar-refractivity contribution >= 4 is 44.6 Å². The number of hydrogen-bond donors (Lipinski definition) is 1. The average Bonchev–Trinajstić information content (AvgIpc) is 3.22. The molecule has 0 saturated heterocycles. The van der Waals surface area contributed by atoms with E-state index in [-0.39, 0.29) is 12.6 Å². The summed E-state index contributed by atoms with van der Waals surface area (Å²) in [7, 11) is -3.73. The Hall–Kier alpha value is -2.58. The SMILES string of the molecule is CCOc1ccc(C2CC(CNS(=O)(=O)c3c(C)cc(C)cc3C)=NN2c2ccc(Cl)cc2Cl)cc1. The number of nitrogens with zero attached hydrogens (tertiary/aromatic N) is 2. The van der Waals surface area contributed by atoms with Crippen LogP contribution in [0.25, 0.3) is 0 Å². The first-order valence-corrected chi connectivity index (χ1v) is 13.9. The largest absolute Gasteiger partial charge is 0.494 e. The third-order valence-corrected chi connectivity index (χ3v) is 8.29. The third kappa shape index (κ3) is 5.70. The molecule has 9 heteroatoms. The molecule has 3 aromatic carbocycles. The Kier molecular flexibility index (Phi) is 7.95. The van der Waals surface area contributed by atoms with Crippen molar-refractivity contribution in [3.8, 4) is 5.75 Å². The molecule has 0 aromatic heterocycles. The molecule has 1 unspecified atom stereocenters. The van der Waals surface area contributed by atoms with Gasteiger partial charge >= 0.3 is 0 Å². The van der Waals surface area contributed by atoms with E-state index in [0.717, 1.165) is 28.0 Å². The maximum Gasteiger partial charge on any atom is 0.241 e. The normalized spacial score (nSPS) is 15.8. The number of hydrazone groups is 1. The Morgan fingerprint density at radius 1 is 1.03 bits per heavy atom. The Bertz CT molecular complexity index is 1380. The minimum absolute atomic E-state index is 0.0876. The Labute approximate surface area is 222 Å². The Balaban J connectivity index is 1.62. The van der Waals surface area contributed by atoms with E-state index in [1.807, 2.05) is 75.2 Å². The summed E-state index contributed by atoms with van der Waals surface area (Å²) >= 11 is 12.6. The maximum atomic E-state index is 13.2. The fraction of sp³-hybridized carbons (Fsp3) is 0.296. The van der Waals surface area contributed by atoms with Gasteiger partial charge in [-0.05, 0) is 74.7 Å². The van der Waals surface area contributed by atoms with Crippen LogP contribution in [0.1, 0.15) is 41.6 Å². The molecule has 3 aromatic rings. The Morgan fingerprint density at radius 2 is 1.69 bits per heavy atom. The molecule has 190 valence electrons. The summed E-state index contributed by atoms with van der Waals surface area (Å²) in [5.41, 5.74) is 4.87. The second-order valence-electron chi connectivity index (χ2n) is 8.88. The molecular weight excluding hydrogens is 517 g/mol. The molecule has 0 saturated carbocycles. The molecule has 0 radical (unpaired) electrons. The fourth-order valence-electron chi connectivity index (χ4n) is 4.62. The van der Waals surface area contributed by atoms with E-state index in [1.165, 1.54) is 0 Å². The predicted octanol–water partition coefficient (Wildman–Crippen LogP) is 6.60. The molecule has 4 rings (SSSR count). The minimum atomic E-state index is -3.73. The number of halogens is 2. The van der Waals surface area contributed by atoms with Crippen LogP contribution >= 0.6 is 23.2 Å². The van der Waals surface area contributed by atoms with Crippen molar-refractivity contribution in [1.82, 2.24) is 4.72 Å². The standard InChI is InChI=1S/C27H29Cl2N3O3S/c1-5-35-23-9-6-20(7-10-23)26-15-22(31-32(26)25-11-8-21(28)14-24(25)29)16-30-36(33,34)27-18(3)12-17(2)13-19(27)4/h6-14,26,30H,5,15-16H2,1-4H3. The molecule has 36 heavy (non-hydrogen) atoms. The summed E-state index contributed by atoms with van der Waals surface area (Å²) in [5.74, 6) is 0.785. The lowest BCUT2D eigenvalue weighted by Gasteiger charge is -2.25. The number of anilines is 1. The summed E-state index contributed by atoms with van der Waals surface area (Å²) in [6.07, 6.45) is 0.529. The molecule has 1 atom stereocenters. The molecule has 0 amide bonds. The molecule has 6 nitrogen and oxygen atoms in total. The van der Waals surface area contributed by atoms with Gasteiger partial charge in [-0.3, -0.25) is 5.01 Å². The molecular formula is C27H29Cl2N3O3S. The summed E-state index contributed by atoms with van der Waals surface area (Å²) < 4.78 is 34.7. The topological polar surface area (TPSA) is 71.0 Å². The lowest BCUT2D eigenvalue weighted by atomic mass is 10.0. The van der Waals surface area contributed by atoms with Gasteiger partial charge in [-0.25, -0.2) is 13.1 Å². The highest BCUT2D eigenvalue weighted by molar-refractivity contribution is 7.89. The molecule has 0 aliphatic carbocycles. The highest BCUT2D eigenvalue weighted by atomic mass is 35.5. The summed E-state index contributed by atoms with van der Waals surface area (Å²) in [6, 6.07) is 16.7. The fourth-order valence-corrected chi connectivity index (χ4v) is 6.58. The quantitative estimate of drug-likeness (QED) is 0.346. The first-order valence-electron chi connectivity index (χ1n) is 11.7. The zero-order chi connectivity index (χ0) is 26.0. The van der Waals surface area contributed by atoms with Crippen molar-refractivity contribution in [3.63, 3.8) is 0 Å². The van der Waals surface area contributed by atoms with Gasteiger partial charge in [0.15, 0.2) is 0 Å². The number of hydrogen-bond acceptors (Lipinski definition) is 5. The van der Waals surface area contributed by atoms with Crippen LogP contribution in [0.3, 0.4) is 0 Å². The lowest BCUT2D eigenvalue weighted by Crippen LogP contribution is -2.30. The molecule has 1 N–H and O–H groups in total. The van der Waals surface area contributed by atoms with Gasteiger partial charge in [0, 0.05) is 11.4 Å². The lowest BCUT2D eigenvalue weighted by molar-refractivity contribution is 0.340. The van der Waals surface area contributed by atoms with E-state index < -0.39 is 10.0 Å². The van der Waals surface area contributed by atoms with Crippen molar-refractivity contribution in [2.45, 2.75) is 45.1 Å². The monoisotopic (exact) mass is 545 g/mol. The summed E-state index contributed by atoms with van der Waals surface area (Å²) in [5, 5.41) is 7.62. The van der Waals surface area contributed by atoms with Crippen molar-refractivity contribution < 1.29 is 13.2 Å². The van der Waals surface area contributed by atoms with Crippen LogP contribution < -0.4 is 14.5 Å². The van der Waals surface area contributed by atoms with E-state index in [4.69, 9.17) is 33.0 Å². The van der Waals surface area contributed by atoms with Crippen LogP contribution in [-0.2, 0) is 10.0 Å². The minimum Gasteiger partial charge on any atom is -0.494 e. The zero-order valence-electron chi connectivity index (χ0n) is 20.7. The molecule has 0 bridgehead atoms. The number of rotatable bonds is 8. The summed E-state index contributed by atoms with van der Waals surface area (Å²) in [6.45, 7) is 8.19. The molecule has 1 aliphatic heterocycles. The Morgan fingerprint density at radius 3 is 2.31 bits per heavy atom.